The minimum Gasteiger partial charge on any atom is -0.479 e. The fourth-order valence-corrected chi connectivity index (χ4v) is 2.09. The average molecular weight is 287 g/mol. The molecule has 1 atom stereocenters. The van der Waals surface area contributed by atoms with Gasteiger partial charge in [-0.1, -0.05) is 11.6 Å². The van der Waals surface area contributed by atoms with Gasteiger partial charge in [-0.2, -0.15) is 0 Å². The van der Waals surface area contributed by atoms with Crippen molar-refractivity contribution in [3.8, 4) is 0 Å². The monoisotopic (exact) mass is 286 g/mol. The first kappa shape index (κ1) is 13.6. The van der Waals surface area contributed by atoms with E-state index in [2.05, 4.69) is 0 Å². The number of anilines is 1. The summed E-state index contributed by atoms with van der Waals surface area (Å²) in [4.78, 5) is 23.0. The summed E-state index contributed by atoms with van der Waals surface area (Å²) in [5.74, 6) is -1.09. The van der Waals surface area contributed by atoms with Crippen molar-refractivity contribution in [3.63, 3.8) is 0 Å². The fraction of sp³-hybridized carbons (Fsp3) is 0.364. The van der Waals surface area contributed by atoms with E-state index in [-0.39, 0.29) is 18.8 Å². The van der Waals surface area contributed by atoms with Crippen molar-refractivity contribution >= 4 is 28.9 Å². The second-order valence-corrected chi connectivity index (χ2v) is 4.47. The number of nitro benzene ring substituents is 1. The van der Waals surface area contributed by atoms with Gasteiger partial charge >= 0.3 is 5.97 Å². The van der Waals surface area contributed by atoms with Gasteiger partial charge in [0, 0.05) is 17.6 Å². The lowest BCUT2D eigenvalue weighted by atomic mass is 10.2. The third-order valence-electron chi connectivity index (χ3n) is 2.82. The lowest BCUT2D eigenvalue weighted by molar-refractivity contribution is -0.384. The summed E-state index contributed by atoms with van der Waals surface area (Å²) in [5, 5.41) is 20.3. The summed E-state index contributed by atoms with van der Waals surface area (Å²) in [6.45, 7) is 0.627. The summed E-state index contributed by atoms with van der Waals surface area (Å²) in [6, 6.07) is 4.20. The summed E-state index contributed by atoms with van der Waals surface area (Å²) in [5.41, 5.74) is 0.211. The Kier molecular flexibility index (Phi) is 3.87. The number of aliphatic carboxylic acids is 1. The number of ether oxygens (including phenoxy) is 1. The number of hydrogen-bond acceptors (Lipinski definition) is 5. The second-order valence-electron chi connectivity index (χ2n) is 4.03. The first-order valence-electron chi connectivity index (χ1n) is 5.52. The molecule has 7 nitrogen and oxygen atoms in total. The Labute approximate surface area is 113 Å². The minimum absolute atomic E-state index is 0.0521. The lowest BCUT2D eigenvalue weighted by Crippen LogP contribution is -2.46. The number of rotatable bonds is 3. The van der Waals surface area contributed by atoms with E-state index < -0.39 is 17.0 Å². The maximum atomic E-state index is 11.0. The molecule has 1 N–H and O–H groups in total. The fourth-order valence-electron chi connectivity index (χ4n) is 1.92. The molecule has 19 heavy (non-hydrogen) atoms. The standard InChI is InChI=1S/C11H11ClN2O5/c12-7-1-2-8(14(17)18)9(5-7)13-3-4-19-10(6-13)11(15)16/h1-2,5,10H,3-4,6H2,(H,15,16). The maximum absolute atomic E-state index is 11.0. The summed E-state index contributed by atoms with van der Waals surface area (Å²) in [6.07, 6.45) is -0.993. The zero-order valence-electron chi connectivity index (χ0n) is 9.78. The molecule has 8 heteroatoms. The lowest BCUT2D eigenvalue weighted by Gasteiger charge is -2.32. The number of carboxylic acids is 1. The molecule has 0 saturated carbocycles. The highest BCUT2D eigenvalue weighted by Crippen LogP contribution is 2.32. The molecular formula is C11H11ClN2O5. The predicted molar refractivity (Wildman–Crippen MR) is 67.7 cm³/mol. The number of hydrogen-bond donors (Lipinski definition) is 1. The van der Waals surface area contributed by atoms with Gasteiger partial charge in [0.2, 0.25) is 0 Å². The topological polar surface area (TPSA) is 92.9 Å². The molecule has 0 aromatic heterocycles. The van der Waals surface area contributed by atoms with Crippen molar-refractivity contribution in [1.29, 1.82) is 0 Å². The largest absolute Gasteiger partial charge is 0.479 e. The van der Waals surface area contributed by atoms with Crippen LogP contribution in [0.3, 0.4) is 0 Å². The number of halogens is 1. The Hall–Kier alpha value is -1.86. The molecule has 1 saturated heterocycles. The van der Waals surface area contributed by atoms with Gasteiger partial charge in [-0.25, -0.2) is 4.79 Å². The Morgan fingerprint density at radius 2 is 2.32 bits per heavy atom. The number of benzene rings is 1. The molecule has 0 radical (unpaired) electrons. The van der Waals surface area contributed by atoms with Crippen molar-refractivity contribution in [2.24, 2.45) is 0 Å². The second kappa shape index (κ2) is 5.41. The van der Waals surface area contributed by atoms with Crippen molar-refractivity contribution < 1.29 is 19.6 Å². The highest BCUT2D eigenvalue weighted by molar-refractivity contribution is 6.31. The van der Waals surface area contributed by atoms with E-state index in [4.69, 9.17) is 21.4 Å². The molecule has 1 heterocycles. The van der Waals surface area contributed by atoms with Crippen molar-refractivity contribution in [3.05, 3.63) is 33.3 Å². The van der Waals surface area contributed by atoms with Gasteiger partial charge in [0.1, 0.15) is 5.69 Å². The molecule has 0 spiro atoms. The van der Waals surface area contributed by atoms with E-state index >= 15 is 0 Å². The van der Waals surface area contributed by atoms with E-state index in [1.54, 1.807) is 4.90 Å². The first-order valence-corrected chi connectivity index (χ1v) is 5.90. The minimum atomic E-state index is -1.09. The zero-order chi connectivity index (χ0) is 14.0. The van der Waals surface area contributed by atoms with Crippen LogP contribution >= 0.6 is 11.6 Å². The SMILES string of the molecule is O=C(O)C1CN(c2cc(Cl)ccc2[N+](=O)[O-])CCO1. The number of nitrogens with zero attached hydrogens (tertiary/aromatic N) is 2. The van der Waals surface area contributed by atoms with Crippen LogP contribution in [0, 0.1) is 10.1 Å². The Morgan fingerprint density at radius 1 is 1.58 bits per heavy atom. The quantitative estimate of drug-likeness (QED) is 0.669. The first-order chi connectivity index (χ1) is 8.99. The highest BCUT2D eigenvalue weighted by atomic mass is 35.5. The highest BCUT2D eigenvalue weighted by Gasteiger charge is 2.29. The maximum Gasteiger partial charge on any atom is 0.334 e. The summed E-state index contributed by atoms with van der Waals surface area (Å²) >= 11 is 5.84. The molecule has 1 fully saturated rings. The molecule has 102 valence electrons. The molecule has 1 aliphatic rings. The van der Waals surface area contributed by atoms with Crippen LogP contribution in [0.4, 0.5) is 11.4 Å². The smallest absolute Gasteiger partial charge is 0.334 e. The van der Waals surface area contributed by atoms with Crippen molar-refractivity contribution in [2.75, 3.05) is 24.6 Å². The number of carbonyl (C=O) groups is 1. The van der Waals surface area contributed by atoms with Crippen LogP contribution in [-0.4, -0.2) is 41.8 Å². The van der Waals surface area contributed by atoms with Crippen molar-refractivity contribution in [1.82, 2.24) is 0 Å². The molecule has 1 aliphatic heterocycles. The van der Waals surface area contributed by atoms with Crippen LogP contribution in [0.5, 0.6) is 0 Å². The summed E-state index contributed by atoms with van der Waals surface area (Å²) in [7, 11) is 0. The Bertz CT molecular complexity index is 522. The van der Waals surface area contributed by atoms with Crippen LogP contribution in [0.15, 0.2) is 18.2 Å². The normalized spacial score (nSPS) is 19.2. The Balaban J connectivity index is 2.32. The van der Waals surface area contributed by atoms with Crippen LogP contribution in [0.2, 0.25) is 5.02 Å². The van der Waals surface area contributed by atoms with Gasteiger partial charge in [0.05, 0.1) is 18.1 Å². The third-order valence-corrected chi connectivity index (χ3v) is 3.05. The summed E-state index contributed by atoms with van der Waals surface area (Å²) < 4.78 is 5.08. The number of morpholine rings is 1. The molecule has 2 rings (SSSR count). The third kappa shape index (κ3) is 2.94. The molecule has 1 aromatic carbocycles. The van der Waals surface area contributed by atoms with Crippen LogP contribution in [0.1, 0.15) is 0 Å². The van der Waals surface area contributed by atoms with E-state index in [1.165, 1.54) is 18.2 Å². The van der Waals surface area contributed by atoms with Gasteiger partial charge in [-0.15, -0.1) is 0 Å². The molecule has 0 amide bonds. The van der Waals surface area contributed by atoms with E-state index in [0.29, 0.717) is 17.3 Å². The van der Waals surface area contributed by atoms with Crippen molar-refractivity contribution in [2.45, 2.75) is 6.10 Å². The van der Waals surface area contributed by atoms with Gasteiger partial charge in [0.25, 0.3) is 5.69 Å². The van der Waals surface area contributed by atoms with E-state index in [0.717, 1.165) is 0 Å². The molecule has 0 bridgehead atoms. The molecule has 1 aromatic rings. The molecule has 0 aliphatic carbocycles. The van der Waals surface area contributed by atoms with Crippen LogP contribution < -0.4 is 4.90 Å². The van der Waals surface area contributed by atoms with Crippen LogP contribution in [0.25, 0.3) is 0 Å². The Morgan fingerprint density at radius 3 is 2.95 bits per heavy atom. The number of carboxylic acid groups (broad SMARTS) is 1. The number of nitro groups is 1. The van der Waals surface area contributed by atoms with Crippen LogP contribution in [-0.2, 0) is 9.53 Å². The predicted octanol–water partition coefficient (Wildman–Crippen LogP) is 1.54. The average Bonchev–Trinajstić information content (AvgIpc) is 2.38. The zero-order valence-corrected chi connectivity index (χ0v) is 10.5. The van der Waals surface area contributed by atoms with E-state index in [1.807, 2.05) is 0 Å². The molecular weight excluding hydrogens is 276 g/mol. The van der Waals surface area contributed by atoms with Gasteiger partial charge in [-0.05, 0) is 12.1 Å². The van der Waals surface area contributed by atoms with E-state index in [9.17, 15) is 14.9 Å². The van der Waals surface area contributed by atoms with Gasteiger partial charge in [-0.3, -0.25) is 10.1 Å². The van der Waals surface area contributed by atoms with Gasteiger partial charge in [0.15, 0.2) is 6.10 Å². The van der Waals surface area contributed by atoms with Gasteiger partial charge < -0.3 is 14.7 Å². The molecule has 1 unspecified atom stereocenters.